The Labute approximate surface area is 217 Å². The van der Waals surface area contributed by atoms with Gasteiger partial charge in [0.25, 0.3) is 0 Å². The predicted octanol–water partition coefficient (Wildman–Crippen LogP) is 2.61. The average Bonchev–Trinajstić information content (AvgIpc) is 2.91. The highest BCUT2D eigenvalue weighted by atomic mass is 32.2. The first kappa shape index (κ1) is 26.7. The Morgan fingerprint density at radius 3 is 2.54 bits per heavy atom. The molecule has 4 rings (SSSR count). The Bertz CT molecular complexity index is 1320. The number of carbonyl (C=O) groups excluding carboxylic acids is 1. The Morgan fingerprint density at radius 2 is 1.86 bits per heavy atom. The van der Waals surface area contributed by atoms with Gasteiger partial charge in [0.15, 0.2) is 0 Å². The summed E-state index contributed by atoms with van der Waals surface area (Å²) in [6.07, 6.45) is 4.47. The lowest BCUT2D eigenvalue weighted by atomic mass is 10.0. The van der Waals surface area contributed by atoms with E-state index in [1.807, 2.05) is 37.3 Å². The largest absolute Gasteiger partial charge is 0.487 e. The number of sulfonamides is 1. The summed E-state index contributed by atoms with van der Waals surface area (Å²) in [4.78, 5) is 22.7. The molecule has 0 fully saturated rings. The third kappa shape index (κ3) is 5.98. The molecule has 0 saturated heterocycles. The molecule has 10 heteroatoms. The summed E-state index contributed by atoms with van der Waals surface area (Å²) in [6.45, 7) is 3.66. The zero-order valence-corrected chi connectivity index (χ0v) is 22.0. The first-order valence-corrected chi connectivity index (χ1v) is 13.6. The monoisotopic (exact) mass is 524 g/mol. The predicted molar refractivity (Wildman–Crippen MR) is 139 cm³/mol. The van der Waals surface area contributed by atoms with Crippen LogP contribution in [-0.4, -0.2) is 77.5 Å². The van der Waals surface area contributed by atoms with Crippen molar-refractivity contribution in [1.29, 1.82) is 0 Å². The second kappa shape index (κ2) is 11.4. The van der Waals surface area contributed by atoms with E-state index in [4.69, 9.17) is 4.74 Å². The minimum atomic E-state index is -3.96. The summed E-state index contributed by atoms with van der Waals surface area (Å²) in [5.41, 5.74) is 2.34. The van der Waals surface area contributed by atoms with Gasteiger partial charge in [-0.15, -0.1) is 0 Å². The normalized spacial score (nSPS) is 20.1. The van der Waals surface area contributed by atoms with Crippen LogP contribution >= 0.6 is 0 Å². The molecule has 1 amide bonds. The van der Waals surface area contributed by atoms with E-state index in [1.54, 1.807) is 43.4 Å². The number of aliphatic hydroxyl groups excluding tert-OH is 1. The summed E-state index contributed by atoms with van der Waals surface area (Å²) >= 11 is 0. The molecule has 37 heavy (non-hydrogen) atoms. The van der Waals surface area contributed by atoms with E-state index in [2.05, 4.69) is 9.97 Å². The molecule has 0 saturated carbocycles. The minimum absolute atomic E-state index is 0.0172. The molecule has 196 valence electrons. The van der Waals surface area contributed by atoms with E-state index in [1.165, 1.54) is 16.7 Å². The molecule has 2 aromatic carbocycles. The van der Waals surface area contributed by atoms with Gasteiger partial charge in [0.1, 0.15) is 23.1 Å². The molecule has 1 aliphatic rings. The zero-order valence-electron chi connectivity index (χ0n) is 21.2. The van der Waals surface area contributed by atoms with Crippen LogP contribution in [0, 0.1) is 5.92 Å². The highest BCUT2D eigenvalue weighted by Crippen LogP contribution is 2.36. The van der Waals surface area contributed by atoms with Gasteiger partial charge in [0, 0.05) is 43.5 Å². The van der Waals surface area contributed by atoms with Gasteiger partial charge < -0.3 is 14.7 Å². The van der Waals surface area contributed by atoms with Crippen LogP contribution in [0.2, 0.25) is 0 Å². The van der Waals surface area contributed by atoms with Crippen LogP contribution in [0.4, 0.5) is 0 Å². The van der Waals surface area contributed by atoms with Crippen LogP contribution in [0.25, 0.3) is 11.1 Å². The highest BCUT2D eigenvalue weighted by molar-refractivity contribution is 7.89. The van der Waals surface area contributed by atoms with Gasteiger partial charge in [-0.3, -0.25) is 4.79 Å². The van der Waals surface area contributed by atoms with Gasteiger partial charge in [-0.1, -0.05) is 43.3 Å². The fourth-order valence-electron chi connectivity index (χ4n) is 4.35. The topological polar surface area (TPSA) is 113 Å². The lowest BCUT2D eigenvalue weighted by Gasteiger charge is -2.37. The molecule has 9 nitrogen and oxygen atoms in total. The first-order chi connectivity index (χ1) is 17.7. The van der Waals surface area contributed by atoms with E-state index in [-0.39, 0.29) is 48.6 Å². The lowest BCUT2D eigenvalue weighted by molar-refractivity contribution is -0.130. The number of hydrogen-bond donors (Lipinski definition) is 1. The van der Waals surface area contributed by atoms with Crippen molar-refractivity contribution in [1.82, 2.24) is 19.2 Å². The number of amides is 1. The smallest absolute Gasteiger partial charge is 0.247 e. The molecule has 2 heterocycles. The lowest BCUT2D eigenvalue weighted by Crippen LogP contribution is -2.50. The van der Waals surface area contributed by atoms with Crippen molar-refractivity contribution < 1.29 is 23.1 Å². The number of nitrogens with zero attached hydrogens (tertiary/aromatic N) is 4. The van der Waals surface area contributed by atoms with Crippen LogP contribution in [0.5, 0.6) is 5.75 Å². The molecule has 0 unspecified atom stereocenters. The zero-order chi connectivity index (χ0) is 26.6. The maximum absolute atomic E-state index is 13.7. The van der Waals surface area contributed by atoms with Crippen molar-refractivity contribution >= 4 is 15.9 Å². The average molecular weight is 525 g/mol. The van der Waals surface area contributed by atoms with E-state index in [0.29, 0.717) is 11.1 Å². The Hall–Kier alpha value is -3.34. The van der Waals surface area contributed by atoms with Crippen LogP contribution in [0.3, 0.4) is 0 Å². The molecule has 3 atom stereocenters. The third-order valence-corrected chi connectivity index (χ3v) is 8.66. The van der Waals surface area contributed by atoms with Gasteiger partial charge in [0.05, 0.1) is 19.6 Å². The van der Waals surface area contributed by atoms with Crippen LogP contribution in [0.15, 0.2) is 72.1 Å². The SMILES string of the molecule is C[C@@H]1CN([C@H](C)CO)S(=O)(=O)c2ccc(-c3cncnc3)cc2O[C@@H]1CN(C)C(=O)Cc1ccccc1. The molecular weight excluding hydrogens is 492 g/mol. The number of hydrogen-bond acceptors (Lipinski definition) is 7. The van der Waals surface area contributed by atoms with Crippen LogP contribution < -0.4 is 4.74 Å². The number of ether oxygens (including phenoxy) is 1. The molecule has 0 aliphatic carbocycles. The van der Waals surface area contributed by atoms with Gasteiger partial charge in [-0.25, -0.2) is 18.4 Å². The standard InChI is InChI=1S/C27H32N4O5S/c1-19-15-31(20(2)17-32)37(34,35)26-10-9-22(23-13-28-18-29-14-23)12-24(26)36-25(19)16-30(3)27(33)11-21-7-5-4-6-8-21/h4-10,12-14,18-20,25,32H,11,15-17H2,1-3H3/t19-,20-,25-/m1/s1. The summed E-state index contributed by atoms with van der Waals surface area (Å²) in [7, 11) is -2.23. The van der Waals surface area contributed by atoms with Crippen molar-refractivity contribution in [3.63, 3.8) is 0 Å². The summed E-state index contributed by atoms with van der Waals surface area (Å²) in [6, 6.07) is 13.8. The Balaban J connectivity index is 1.69. The Morgan fingerprint density at radius 1 is 1.16 bits per heavy atom. The summed E-state index contributed by atoms with van der Waals surface area (Å²) < 4.78 is 35.0. The number of fused-ring (bicyclic) bond motifs is 1. The summed E-state index contributed by atoms with van der Waals surface area (Å²) in [5.74, 6) is -0.141. The van der Waals surface area contributed by atoms with E-state index >= 15 is 0 Å². The van der Waals surface area contributed by atoms with Gasteiger partial charge in [0.2, 0.25) is 15.9 Å². The highest BCUT2D eigenvalue weighted by Gasteiger charge is 2.38. The summed E-state index contributed by atoms with van der Waals surface area (Å²) in [5, 5.41) is 9.83. The molecule has 1 aromatic heterocycles. The van der Waals surface area contributed by atoms with Crippen LogP contribution in [-0.2, 0) is 21.2 Å². The van der Waals surface area contributed by atoms with E-state index in [9.17, 15) is 18.3 Å². The van der Waals surface area contributed by atoms with Gasteiger partial charge in [-0.2, -0.15) is 4.31 Å². The van der Waals surface area contributed by atoms with E-state index in [0.717, 1.165) is 5.56 Å². The quantitative estimate of drug-likeness (QED) is 0.506. The molecule has 1 N–H and O–H groups in total. The van der Waals surface area contributed by atoms with E-state index < -0.39 is 22.2 Å². The van der Waals surface area contributed by atoms with Gasteiger partial charge in [-0.05, 0) is 30.2 Å². The maximum atomic E-state index is 13.7. The number of carbonyl (C=O) groups is 1. The number of benzene rings is 2. The molecule has 0 bridgehead atoms. The van der Waals surface area contributed by atoms with Crippen molar-refractivity contribution in [3.8, 4) is 16.9 Å². The third-order valence-electron chi connectivity index (χ3n) is 6.64. The van der Waals surface area contributed by atoms with Crippen LogP contribution in [0.1, 0.15) is 19.4 Å². The fraction of sp³-hybridized carbons (Fsp3) is 0.370. The Kier molecular flexibility index (Phi) is 8.21. The second-order valence-corrected chi connectivity index (χ2v) is 11.3. The molecular formula is C27H32N4O5S. The first-order valence-electron chi connectivity index (χ1n) is 12.2. The molecule has 3 aromatic rings. The number of aromatic nitrogens is 2. The van der Waals surface area contributed by atoms with Gasteiger partial charge >= 0.3 is 0 Å². The number of aliphatic hydroxyl groups is 1. The fourth-order valence-corrected chi connectivity index (χ4v) is 6.17. The second-order valence-electron chi connectivity index (χ2n) is 9.47. The number of likely N-dealkylation sites (N-methyl/N-ethyl adjacent to an activating group) is 1. The minimum Gasteiger partial charge on any atom is -0.487 e. The van der Waals surface area contributed by atoms with Crippen molar-refractivity contribution in [2.45, 2.75) is 37.3 Å². The molecule has 1 aliphatic heterocycles. The molecule has 0 spiro atoms. The maximum Gasteiger partial charge on any atom is 0.247 e. The van der Waals surface area contributed by atoms with Crippen molar-refractivity contribution in [2.75, 3.05) is 26.7 Å². The van der Waals surface area contributed by atoms with Crippen molar-refractivity contribution in [2.24, 2.45) is 5.92 Å². The number of rotatable bonds is 7. The van der Waals surface area contributed by atoms with Crippen molar-refractivity contribution in [3.05, 3.63) is 72.8 Å². The molecule has 0 radical (unpaired) electrons.